The number of H-pyrrole nitrogens is 2. The van der Waals surface area contributed by atoms with Crippen molar-refractivity contribution in [2.45, 2.75) is 5.92 Å². The van der Waals surface area contributed by atoms with Crippen molar-refractivity contribution in [3.8, 4) is 0 Å². The summed E-state index contributed by atoms with van der Waals surface area (Å²) in [5.74, 6) is 0.00751. The Morgan fingerprint density at radius 1 is 0.875 bits per heavy atom. The fourth-order valence-corrected chi connectivity index (χ4v) is 3.33. The third kappa shape index (κ3) is 1.86. The van der Waals surface area contributed by atoms with E-state index in [-0.39, 0.29) is 5.92 Å². The largest absolute Gasteiger partial charge is 0.364 e. The molecule has 6 nitrogen and oxygen atoms in total. The van der Waals surface area contributed by atoms with Gasteiger partial charge in [0, 0.05) is 34.7 Å². The molecule has 0 unspecified atom stereocenters. The molecule has 2 N–H and O–H groups in total. The van der Waals surface area contributed by atoms with Crippen LogP contribution in [0.25, 0.3) is 16.6 Å². The first-order valence-corrected chi connectivity index (χ1v) is 7.78. The zero-order chi connectivity index (χ0) is 15.9. The summed E-state index contributed by atoms with van der Waals surface area (Å²) in [6.45, 7) is 0. The smallest absolute Gasteiger partial charge is 0.184 e. The van der Waals surface area contributed by atoms with E-state index in [9.17, 15) is 0 Å². The number of rotatable bonds is 3. The van der Waals surface area contributed by atoms with E-state index in [4.69, 9.17) is 0 Å². The summed E-state index contributed by atoms with van der Waals surface area (Å²) in [6.07, 6.45) is 3.87. The minimum atomic E-state index is 0.00751. The van der Waals surface area contributed by atoms with Crippen LogP contribution in [0.15, 0.2) is 67.0 Å². The van der Waals surface area contributed by atoms with Gasteiger partial charge in [-0.2, -0.15) is 4.52 Å². The Balaban J connectivity index is 1.86. The van der Waals surface area contributed by atoms with Crippen LogP contribution in [0, 0.1) is 0 Å². The van der Waals surface area contributed by atoms with Gasteiger partial charge in [-0.05, 0) is 46.8 Å². The van der Waals surface area contributed by atoms with E-state index in [1.807, 2.05) is 47.2 Å². The predicted molar refractivity (Wildman–Crippen MR) is 90.8 cm³/mol. The molecule has 0 radical (unpaired) electrons. The molecule has 0 fully saturated rings. The highest BCUT2D eigenvalue weighted by atomic mass is 15.5. The van der Waals surface area contributed by atoms with Crippen LogP contribution < -0.4 is 0 Å². The highest BCUT2D eigenvalue weighted by molar-refractivity contribution is 5.83. The molecule has 24 heavy (non-hydrogen) atoms. The summed E-state index contributed by atoms with van der Waals surface area (Å²) in [5.41, 5.74) is 5.01. The molecule has 0 bridgehead atoms. The summed E-state index contributed by atoms with van der Waals surface area (Å²) in [6, 6.07) is 18.5. The van der Waals surface area contributed by atoms with Crippen molar-refractivity contribution in [2.24, 2.45) is 0 Å². The zero-order valence-electron chi connectivity index (χ0n) is 12.7. The number of pyridine rings is 1. The van der Waals surface area contributed by atoms with Crippen LogP contribution in [0.1, 0.15) is 22.9 Å². The van der Waals surface area contributed by atoms with E-state index in [0.717, 1.165) is 33.5 Å². The lowest BCUT2D eigenvalue weighted by molar-refractivity contribution is 0.839. The number of hydrogen-bond donors (Lipinski definition) is 2. The first-order chi connectivity index (χ1) is 11.9. The van der Waals surface area contributed by atoms with E-state index in [0.29, 0.717) is 0 Å². The van der Waals surface area contributed by atoms with Gasteiger partial charge in [0.25, 0.3) is 0 Å². The first kappa shape index (κ1) is 13.1. The molecule has 6 heteroatoms. The summed E-state index contributed by atoms with van der Waals surface area (Å²) < 4.78 is 1.81. The minimum Gasteiger partial charge on any atom is -0.364 e. The molecule has 4 aromatic heterocycles. The lowest BCUT2D eigenvalue weighted by Crippen LogP contribution is -2.07. The van der Waals surface area contributed by atoms with E-state index in [1.54, 1.807) is 0 Å². The van der Waals surface area contributed by atoms with Gasteiger partial charge in [-0.15, -0.1) is 5.10 Å². The molecule has 0 saturated heterocycles. The number of para-hydroxylation sites is 1. The van der Waals surface area contributed by atoms with E-state index >= 15 is 0 Å². The highest BCUT2D eigenvalue weighted by Gasteiger charge is 2.23. The number of benzene rings is 1. The molecule has 0 spiro atoms. The Bertz CT molecular complexity index is 1070. The Labute approximate surface area is 137 Å². The molecular weight excluding hydrogens is 300 g/mol. The van der Waals surface area contributed by atoms with Crippen molar-refractivity contribution < 1.29 is 0 Å². The SMILES string of the molecule is c1c[nH]c(C(c2ccc[nH]2)c2cc3ccccc3n3nnnc23)c1. The van der Waals surface area contributed by atoms with Gasteiger partial charge in [0.05, 0.1) is 11.4 Å². The van der Waals surface area contributed by atoms with Crippen LogP contribution in [0.4, 0.5) is 0 Å². The molecule has 0 aliphatic heterocycles. The lowest BCUT2D eigenvalue weighted by Gasteiger charge is -2.16. The Hall–Kier alpha value is -3.41. The maximum atomic E-state index is 4.28. The average Bonchev–Trinajstić information content (AvgIpc) is 3.38. The fraction of sp³-hybridized carbons (Fsp3) is 0.0556. The predicted octanol–water partition coefficient (Wildman–Crippen LogP) is 3.11. The molecule has 5 rings (SSSR count). The van der Waals surface area contributed by atoms with Gasteiger partial charge in [-0.3, -0.25) is 0 Å². The lowest BCUT2D eigenvalue weighted by atomic mass is 9.92. The third-order valence-corrected chi connectivity index (χ3v) is 4.38. The molecule has 0 aliphatic rings. The van der Waals surface area contributed by atoms with E-state index in [2.05, 4.69) is 49.8 Å². The molecule has 4 heterocycles. The van der Waals surface area contributed by atoms with Crippen molar-refractivity contribution in [3.63, 3.8) is 0 Å². The van der Waals surface area contributed by atoms with E-state index < -0.39 is 0 Å². The fourth-order valence-electron chi connectivity index (χ4n) is 3.33. The molecule has 1 aromatic carbocycles. The summed E-state index contributed by atoms with van der Waals surface area (Å²) in [7, 11) is 0. The van der Waals surface area contributed by atoms with Crippen LogP contribution in [0.3, 0.4) is 0 Å². The van der Waals surface area contributed by atoms with Crippen molar-refractivity contribution >= 4 is 16.6 Å². The van der Waals surface area contributed by atoms with Gasteiger partial charge < -0.3 is 9.97 Å². The highest BCUT2D eigenvalue weighted by Crippen LogP contribution is 2.33. The zero-order valence-corrected chi connectivity index (χ0v) is 12.7. The van der Waals surface area contributed by atoms with Gasteiger partial charge in [0.15, 0.2) is 5.65 Å². The van der Waals surface area contributed by atoms with E-state index in [1.165, 1.54) is 0 Å². The summed E-state index contributed by atoms with van der Waals surface area (Å²) >= 11 is 0. The quantitative estimate of drug-likeness (QED) is 0.537. The molecular formula is C18H14N6. The van der Waals surface area contributed by atoms with Gasteiger partial charge >= 0.3 is 0 Å². The van der Waals surface area contributed by atoms with Crippen LogP contribution in [-0.4, -0.2) is 30.0 Å². The van der Waals surface area contributed by atoms with Gasteiger partial charge in [0.2, 0.25) is 0 Å². The Kier molecular flexibility index (Phi) is 2.75. The summed E-state index contributed by atoms with van der Waals surface area (Å²) in [5, 5.41) is 13.5. The Morgan fingerprint density at radius 3 is 2.33 bits per heavy atom. The first-order valence-electron chi connectivity index (χ1n) is 7.78. The second kappa shape index (κ2) is 5.06. The summed E-state index contributed by atoms with van der Waals surface area (Å²) in [4.78, 5) is 6.66. The molecule has 0 atom stereocenters. The topological polar surface area (TPSA) is 74.7 Å². The standard InChI is InChI=1S/C18H14N6/c1-2-8-16-12(5-1)11-13(18-21-22-23-24(16)18)17(14-6-3-9-19-14)15-7-4-10-20-15/h1-11,17,19-20H. The number of nitrogens with zero attached hydrogens (tertiary/aromatic N) is 4. The number of fused-ring (bicyclic) bond motifs is 3. The van der Waals surface area contributed by atoms with Crippen molar-refractivity contribution in [2.75, 3.05) is 0 Å². The molecule has 0 amide bonds. The minimum absolute atomic E-state index is 0.00751. The molecule has 5 aromatic rings. The normalized spacial score (nSPS) is 11.7. The van der Waals surface area contributed by atoms with Crippen LogP contribution >= 0.6 is 0 Å². The number of hydrogen-bond acceptors (Lipinski definition) is 3. The molecule has 0 aliphatic carbocycles. The van der Waals surface area contributed by atoms with Gasteiger partial charge in [0.1, 0.15) is 0 Å². The second-order valence-corrected chi connectivity index (χ2v) is 5.76. The average molecular weight is 314 g/mol. The molecule has 116 valence electrons. The Morgan fingerprint density at radius 2 is 1.62 bits per heavy atom. The third-order valence-electron chi connectivity index (χ3n) is 4.38. The number of aromatic amines is 2. The maximum Gasteiger partial charge on any atom is 0.184 e. The van der Waals surface area contributed by atoms with Crippen LogP contribution in [0.2, 0.25) is 0 Å². The van der Waals surface area contributed by atoms with Gasteiger partial charge in [-0.1, -0.05) is 18.2 Å². The van der Waals surface area contributed by atoms with Gasteiger partial charge in [-0.25, -0.2) is 0 Å². The van der Waals surface area contributed by atoms with Crippen molar-refractivity contribution in [1.82, 2.24) is 30.0 Å². The monoisotopic (exact) mass is 314 g/mol. The van der Waals surface area contributed by atoms with Crippen LogP contribution in [0.5, 0.6) is 0 Å². The van der Waals surface area contributed by atoms with Crippen LogP contribution in [-0.2, 0) is 0 Å². The number of tetrazole rings is 1. The second-order valence-electron chi connectivity index (χ2n) is 5.76. The number of nitrogens with one attached hydrogen (secondary N) is 2. The molecule has 0 saturated carbocycles. The number of aromatic nitrogens is 6. The van der Waals surface area contributed by atoms with Crippen molar-refractivity contribution in [3.05, 3.63) is 83.9 Å². The maximum absolute atomic E-state index is 4.28. The van der Waals surface area contributed by atoms with Crippen molar-refractivity contribution in [1.29, 1.82) is 0 Å².